The Morgan fingerprint density at radius 1 is 1.03 bits per heavy atom. The lowest BCUT2D eigenvalue weighted by atomic mass is 9.76. The predicted molar refractivity (Wildman–Crippen MR) is 142 cm³/mol. The van der Waals surface area contributed by atoms with Crippen molar-refractivity contribution in [3.8, 4) is 0 Å². The monoisotopic (exact) mass is 546 g/mol. The fourth-order valence-corrected chi connectivity index (χ4v) is 6.80. The molecule has 0 aromatic carbocycles. The summed E-state index contributed by atoms with van der Waals surface area (Å²) in [7, 11) is 2.08. The number of hydrogen-bond acceptors (Lipinski definition) is 8. The van der Waals surface area contributed by atoms with Crippen LogP contribution in [-0.2, 0) is 10.9 Å². The number of fused-ring (bicyclic) bond motifs is 1. The number of nitrogens with one attached hydrogen (secondary N) is 2. The Balaban J connectivity index is 1.16. The van der Waals surface area contributed by atoms with Crippen molar-refractivity contribution < 1.29 is 17.9 Å². The Morgan fingerprint density at radius 2 is 1.77 bits per heavy atom. The van der Waals surface area contributed by atoms with Crippen molar-refractivity contribution in [2.75, 3.05) is 43.6 Å². The zero-order chi connectivity index (χ0) is 27.1. The number of alkyl halides is 3. The number of rotatable bonds is 5. The van der Waals surface area contributed by atoms with Gasteiger partial charge in [-0.1, -0.05) is 0 Å². The van der Waals surface area contributed by atoms with Crippen molar-refractivity contribution in [3.63, 3.8) is 0 Å². The molecule has 0 spiro atoms. The maximum Gasteiger partial charge on any atom is 0.449 e. The fraction of sp³-hybridized carbons (Fsp3) is 0.704. The van der Waals surface area contributed by atoms with Crippen LogP contribution in [0.15, 0.2) is 17.4 Å². The molecule has 12 heteroatoms. The maximum absolute atomic E-state index is 13.0. The Hall–Kier alpha value is -2.89. The highest BCUT2D eigenvalue weighted by atomic mass is 19.4. The average molecular weight is 547 g/mol. The van der Waals surface area contributed by atoms with E-state index in [1.54, 1.807) is 0 Å². The third-order valence-electron chi connectivity index (χ3n) is 8.98. The van der Waals surface area contributed by atoms with E-state index in [0.717, 1.165) is 75.5 Å². The van der Waals surface area contributed by atoms with Crippen LogP contribution in [0.1, 0.15) is 80.9 Å². The van der Waals surface area contributed by atoms with Crippen LogP contribution in [0.25, 0.3) is 0 Å². The first-order chi connectivity index (χ1) is 18.7. The molecule has 2 saturated carbocycles. The van der Waals surface area contributed by atoms with E-state index in [-0.39, 0.29) is 12.0 Å². The Bertz CT molecular complexity index is 1190. The highest BCUT2D eigenvalue weighted by molar-refractivity contribution is 5.86. The van der Waals surface area contributed by atoms with Crippen LogP contribution in [0, 0.1) is 5.92 Å². The number of ether oxygens (including phenoxy) is 1. The summed E-state index contributed by atoms with van der Waals surface area (Å²) in [6.07, 6.45) is 3.41. The third kappa shape index (κ3) is 5.57. The zero-order valence-corrected chi connectivity index (χ0v) is 22.5. The van der Waals surface area contributed by atoms with Gasteiger partial charge < -0.3 is 19.9 Å². The van der Waals surface area contributed by atoms with E-state index < -0.39 is 12.0 Å². The molecule has 0 bridgehead atoms. The van der Waals surface area contributed by atoms with Gasteiger partial charge in [-0.2, -0.15) is 23.3 Å². The minimum Gasteiger partial charge on any atom is -0.378 e. The van der Waals surface area contributed by atoms with Crippen LogP contribution >= 0.6 is 0 Å². The quantitative estimate of drug-likeness (QED) is 0.558. The van der Waals surface area contributed by atoms with E-state index in [4.69, 9.17) is 19.8 Å². The summed E-state index contributed by atoms with van der Waals surface area (Å²) >= 11 is 0. The molecule has 3 unspecified atom stereocenters. The molecule has 0 amide bonds. The molecule has 1 saturated heterocycles. The number of morpholine rings is 1. The van der Waals surface area contributed by atoms with Gasteiger partial charge in [-0.15, -0.1) is 0 Å². The van der Waals surface area contributed by atoms with Crippen molar-refractivity contribution >= 4 is 17.5 Å². The molecule has 9 nitrogen and oxygen atoms in total. The van der Waals surface area contributed by atoms with Crippen LogP contribution < -0.4 is 10.2 Å². The average Bonchev–Trinajstić information content (AvgIpc) is 3.54. The lowest BCUT2D eigenvalue weighted by molar-refractivity contribution is -0.144. The number of hydrogen-bond donors (Lipinski definition) is 2. The lowest BCUT2D eigenvalue weighted by Gasteiger charge is -2.35. The highest BCUT2D eigenvalue weighted by Gasteiger charge is 2.40. The zero-order valence-electron chi connectivity index (χ0n) is 22.5. The number of anilines is 2. The summed E-state index contributed by atoms with van der Waals surface area (Å²) < 4.78 is 44.5. The van der Waals surface area contributed by atoms with Crippen LogP contribution in [0.2, 0.25) is 0 Å². The molecule has 3 atom stereocenters. The largest absolute Gasteiger partial charge is 0.449 e. The highest BCUT2D eigenvalue weighted by Crippen LogP contribution is 2.42. The van der Waals surface area contributed by atoms with Crippen LogP contribution in [0.4, 0.5) is 24.9 Å². The molecule has 6 rings (SSSR count). The molecule has 2 aromatic heterocycles. The third-order valence-corrected chi connectivity index (χ3v) is 8.98. The summed E-state index contributed by atoms with van der Waals surface area (Å²) in [4.78, 5) is 18.2. The van der Waals surface area contributed by atoms with Gasteiger partial charge in [0.25, 0.3) is 0 Å². The van der Waals surface area contributed by atoms with Crippen molar-refractivity contribution in [1.82, 2.24) is 24.9 Å². The van der Waals surface area contributed by atoms with Crippen LogP contribution in [-0.4, -0.2) is 76.1 Å². The Morgan fingerprint density at radius 3 is 2.49 bits per heavy atom. The second-order valence-corrected chi connectivity index (χ2v) is 11.5. The molecular formula is C27H37F3N8O. The van der Waals surface area contributed by atoms with E-state index in [2.05, 4.69) is 45.2 Å². The number of hydrazone groups is 1. The molecule has 212 valence electrons. The first kappa shape index (κ1) is 26.3. The molecule has 2 aromatic rings. The van der Waals surface area contributed by atoms with Gasteiger partial charge in [-0.05, 0) is 51.9 Å². The number of nitrogens with zero attached hydrogens (tertiary/aromatic N) is 6. The smallest absolute Gasteiger partial charge is 0.378 e. The molecule has 39 heavy (non-hydrogen) atoms. The van der Waals surface area contributed by atoms with Gasteiger partial charge in [0.1, 0.15) is 5.82 Å². The molecule has 2 aliphatic carbocycles. The predicted octanol–water partition coefficient (Wildman–Crippen LogP) is 4.77. The van der Waals surface area contributed by atoms with Gasteiger partial charge in [0.05, 0.1) is 24.9 Å². The maximum atomic E-state index is 13.0. The van der Waals surface area contributed by atoms with E-state index in [0.29, 0.717) is 36.8 Å². The van der Waals surface area contributed by atoms with Gasteiger partial charge in [-0.3, -0.25) is 5.01 Å². The SMILES string of the molecule is CC1=NN(C)C2CC(c3cc(NC4CCC(c5cnc(C(F)(F)F)[nH]5)CC4)nc(N4CCOCC4)n3)CCC12. The second-order valence-electron chi connectivity index (χ2n) is 11.5. The fourth-order valence-electron chi connectivity index (χ4n) is 6.80. The Labute approximate surface area is 226 Å². The number of aromatic nitrogens is 4. The number of aromatic amines is 1. The van der Waals surface area contributed by atoms with Crippen molar-refractivity contribution in [2.24, 2.45) is 11.0 Å². The van der Waals surface area contributed by atoms with Crippen LogP contribution in [0.3, 0.4) is 0 Å². The van der Waals surface area contributed by atoms with E-state index in [1.165, 1.54) is 11.9 Å². The van der Waals surface area contributed by atoms with Gasteiger partial charge in [0.2, 0.25) is 11.8 Å². The minimum absolute atomic E-state index is 0.0563. The normalized spacial score (nSPS) is 29.8. The van der Waals surface area contributed by atoms with Crippen LogP contribution in [0.5, 0.6) is 0 Å². The van der Waals surface area contributed by atoms with Crippen molar-refractivity contribution in [1.29, 1.82) is 0 Å². The second kappa shape index (κ2) is 10.6. The first-order valence-electron chi connectivity index (χ1n) is 14.1. The summed E-state index contributed by atoms with van der Waals surface area (Å²) in [5, 5.41) is 10.5. The number of H-pyrrole nitrogens is 1. The summed E-state index contributed by atoms with van der Waals surface area (Å²) in [6.45, 7) is 5.00. The summed E-state index contributed by atoms with van der Waals surface area (Å²) in [5.74, 6) is 1.60. The topological polar surface area (TPSA) is 94.6 Å². The Kier molecular flexibility index (Phi) is 7.15. The van der Waals surface area contributed by atoms with Gasteiger partial charge in [-0.25, -0.2) is 9.97 Å². The van der Waals surface area contributed by atoms with E-state index >= 15 is 0 Å². The molecule has 4 heterocycles. The van der Waals surface area contributed by atoms with Gasteiger partial charge in [0, 0.05) is 67.6 Å². The molecule has 4 aliphatic rings. The van der Waals surface area contributed by atoms with E-state index in [9.17, 15) is 13.2 Å². The van der Waals surface area contributed by atoms with Gasteiger partial charge >= 0.3 is 6.18 Å². The minimum atomic E-state index is -4.45. The standard InChI is InChI=1S/C27H37F3N8O/c1-16-20-8-5-18(13-23(20)37(2)36-16)21-14-24(35-26(34-21)38-9-11-39-12-10-38)32-19-6-3-17(4-7-19)22-15-31-25(33-22)27(28,29)30/h14-15,17-20,23H,3-13H2,1-2H3,(H,31,33)(H,32,34,35). The van der Waals surface area contributed by atoms with Crippen molar-refractivity contribution in [2.45, 2.75) is 82.0 Å². The molecular weight excluding hydrogens is 509 g/mol. The molecule has 2 aliphatic heterocycles. The number of halogens is 3. The van der Waals surface area contributed by atoms with E-state index in [1.807, 2.05) is 0 Å². The lowest BCUT2D eigenvalue weighted by Crippen LogP contribution is -2.38. The first-order valence-corrected chi connectivity index (χ1v) is 14.1. The molecule has 2 N–H and O–H groups in total. The summed E-state index contributed by atoms with van der Waals surface area (Å²) in [6, 6.07) is 2.74. The molecule has 0 radical (unpaired) electrons. The van der Waals surface area contributed by atoms with Gasteiger partial charge in [0.15, 0.2) is 0 Å². The van der Waals surface area contributed by atoms with Crippen molar-refractivity contribution in [3.05, 3.63) is 29.5 Å². The number of imidazole rings is 1. The molecule has 3 fully saturated rings. The summed E-state index contributed by atoms with van der Waals surface area (Å²) in [5.41, 5.74) is 2.89.